The van der Waals surface area contributed by atoms with Gasteiger partial charge < -0.3 is 9.84 Å². The maximum absolute atomic E-state index is 13.5. The monoisotopic (exact) mass is 599 g/mol. The number of aliphatic hydroxyl groups excluding tert-OH is 1. The Morgan fingerprint density at radius 3 is 2.16 bits per heavy atom. The molecule has 0 amide bonds. The van der Waals surface area contributed by atoms with E-state index in [9.17, 15) is 14.4 Å². The lowest BCUT2D eigenvalue weighted by molar-refractivity contribution is -0.143. The topological polar surface area (TPSA) is 85.6 Å². The summed E-state index contributed by atoms with van der Waals surface area (Å²) in [6.45, 7) is 0.990. The first-order valence-corrected chi connectivity index (χ1v) is 16.6. The highest BCUT2D eigenvalue weighted by Gasteiger charge is 2.18. The predicted octanol–water partition coefficient (Wildman–Crippen LogP) is 8.09. The summed E-state index contributed by atoms with van der Waals surface area (Å²) in [7, 11) is 0. The second-order valence-electron chi connectivity index (χ2n) is 11.3. The molecule has 5 aromatic rings. The van der Waals surface area contributed by atoms with Crippen LogP contribution >= 0.6 is 11.3 Å². The van der Waals surface area contributed by atoms with Gasteiger partial charge in [-0.25, -0.2) is 0 Å². The van der Waals surface area contributed by atoms with Crippen LogP contribution in [0.25, 0.3) is 41.7 Å². The lowest BCUT2D eigenvalue weighted by Crippen LogP contribution is -2.33. The largest absolute Gasteiger partial charge is 0.466 e. The van der Waals surface area contributed by atoms with Crippen molar-refractivity contribution < 1.29 is 14.6 Å². The SMILES string of the molecule is O=C(CCCCCC/C=C/CCCCO)OCCCCCn1c(=O)c2ccc3sc4ccccc4c4ccc(c1=O)c2c34. The molecule has 0 aliphatic rings. The molecule has 6 nitrogen and oxygen atoms in total. The summed E-state index contributed by atoms with van der Waals surface area (Å²) in [5.41, 5.74) is -0.462. The number of hydrogen-bond acceptors (Lipinski definition) is 6. The zero-order valence-corrected chi connectivity index (χ0v) is 25.6. The maximum atomic E-state index is 13.5. The smallest absolute Gasteiger partial charge is 0.305 e. The minimum absolute atomic E-state index is 0.150. The fraction of sp³-hybridized carbons (Fsp3) is 0.417. The molecule has 2 aromatic heterocycles. The van der Waals surface area contributed by atoms with E-state index in [1.165, 1.54) is 9.27 Å². The number of aliphatic hydroxyl groups is 1. The van der Waals surface area contributed by atoms with Crippen LogP contribution < -0.4 is 11.1 Å². The maximum Gasteiger partial charge on any atom is 0.305 e. The van der Waals surface area contributed by atoms with Crippen molar-refractivity contribution in [1.29, 1.82) is 0 Å². The molecule has 0 unspecified atom stereocenters. The molecule has 43 heavy (non-hydrogen) atoms. The van der Waals surface area contributed by atoms with E-state index in [-0.39, 0.29) is 23.7 Å². The molecule has 0 aliphatic carbocycles. The van der Waals surface area contributed by atoms with Gasteiger partial charge in [0, 0.05) is 50.5 Å². The lowest BCUT2D eigenvalue weighted by atomic mass is 9.97. The second-order valence-corrected chi connectivity index (χ2v) is 12.4. The van der Waals surface area contributed by atoms with Crippen molar-refractivity contribution in [3.8, 4) is 0 Å². The van der Waals surface area contributed by atoms with Gasteiger partial charge in [-0.05, 0) is 92.8 Å². The first-order chi connectivity index (χ1) is 21.1. The molecular formula is C36H41NO5S. The minimum atomic E-state index is -0.231. The van der Waals surface area contributed by atoms with E-state index in [1.54, 1.807) is 11.3 Å². The zero-order chi connectivity index (χ0) is 30.0. The summed E-state index contributed by atoms with van der Waals surface area (Å²) in [5, 5.41) is 13.9. The van der Waals surface area contributed by atoms with Crippen LogP contribution in [0.15, 0.2) is 70.3 Å². The normalized spacial score (nSPS) is 12.0. The quantitative estimate of drug-likeness (QED) is 0.0384. The van der Waals surface area contributed by atoms with Crippen molar-refractivity contribution in [3.63, 3.8) is 0 Å². The van der Waals surface area contributed by atoms with Crippen LogP contribution in [0.2, 0.25) is 0 Å². The standard InChI is InChI=1S/C36H41NO5S/c38-24-14-8-6-4-2-1-3-5-7-10-18-32(39)42-25-15-9-13-23-37-35(40)28-20-19-27-26-16-11-12-17-30(26)43-31-22-21-29(36(37)41)33(28)34(27)31/h2,4,11-12,16-17,19-22,38H,1,3,5-10,13-15,18,23-25H2/b4-2+. The predicted molar refractivity (Wildman–Crippen MR) is 179 cm³/mol. The number of carbonyl (C=O) groups excluding carboxylic acids is 1. The molecule has 1 N–H and O–H groups in total. The van der Waals surface area contributed by atoms with Gasteiger partial charge >= 0.3 is 5.97 Å². The van der Waals surface area contributed by atoms with Crippen molar-refractivity contribution in [2.75, 3.05) is 13.2 Å². The first-order valence-electron chi connectivity index (χ1n) is 15.7. The van der Waals surface area contributed by atoms with Gasteiger partial charge in [0.15, 0.2) is 0 Å². The summed E-state index contributed by atoms with van der Waals surface area (Å²) in [5.74, 6) is -0.150. The third-order valence-corrected chi connectivity index (χ3v) is 9.34. The van der Waals surface area contributed by atoms with E-state index in [2.05, 4.69) is 24.3 Å². The van der Waals surface area contributed by atoms with Gasteiger partial charge in [-0.3, -0.25) is 19.0 Å². The molecule has 0 aliphatic heterocycles. The highest BCUT2D eigenvalue weighted by atomic mass is 32.1. The minimum Gasteiger partial charge on any atom is -0.466 e. The molecule has 0 spiro atoms. The molecule has 0 fully saturated rings. The molecular weight excluding hydrogens is 558 g/mol. The van der Waals surface area contributed by atoms with Crippen LogP contribution in [-0.4, -0.2) is 28.9 Å². The van der Waals surface area contributed by atoms with E-state index in [0.29, 0.717) is 43.2 Å². The number of fused-ring (bicyclic) bond motifs is 2. The van der Waals surface area contributed by atoms with Crippen LogP contribution in [-0.2, 0) is 16.1 Å². The van der Waals surface area contributed by atoms with Gasteiger partial charge in [0.25, 0.3) is 11.1 Å². The molecule has 5 rings (SSSR count). The number of pyridine rings is 1. The van der Waals surface area contributed by atoms with Gasteiger partial charge in [-0.2, -0.15) is 0 Å². The molecule has 7 heteroatoms. The van der Waals surface area contributed by atoms with E-state index in [4.69, 9.17) is 9.84 Å². The first kappa shape index (κ1) is 30.9. The highest BCUT2D eigenvalue weighted by molar-refractivity contribution is 7.25. The van der Waals surface area contributed by atoms with Crippen LogP contribution in [0.4, 0.5) is 0 Å². The van der Waals surface area contributed by atoms with Crippen molar-refractivity contribution in [2.24, 2.45) is 0 Å². The number of esters is 1. The van der Waals surface area contributed by atoms with Crippen molar-refractivity contribution >= 4 is 59.0 Å². The summed E-state index contributed by atoms with van der Waals surface area (Å²) >= 11 is 1.68. The average Bonchev–Trinajstić information content (AvgIpc) is 3.02. The highest BCUT2D eigenvalue weighted by Crippen LogP contribution is 2.39. The summed E-state index contributed by atoms with van der Waals surface area (Å²) in [6, 6.07) is 16.0. The van der Waals surface area contributed by atoms with Crippen molar-refractivity contribution in [3.05, 3.63) is 81.4 Å². The molecule has 3 aromatic carbocycles. The van der Waals surface area contributed by atoms with Gasteiger partial charge in [0.05, 0.1) is 6.61 Å². The fourth-order valence-corrected chi connectivity index (χ4v) is 7.04. The molecule has 0 radical (unpaired) electrons. The van der Waals surface area contributed by atoms with Crippen molar-refractivity contribution in [2.45, 2.75) is 83.6 Å². The fourth-order valence-electron chi connectivity index (χ4n) is 5.91. The Kier molecular flexibility index (Phi) is 11.0. The number of unbranched alkanes of at least 4 members (excludes halogenated alkanes) is 8. The third-order valence-electron chi connectivity index (χ3n) is 8.21. The Bertz CT molecular complexity index is 1790. The van der Waals surface area contributed by atoms with E-state index < -0.39 is 0 Å². The van der Waals surface area contributed by atoms with Crippen LogP contribution in [0.1, 0.15) is 77.0 Å². The number of allylic oxidation sites excluding steroid dienone is 2. The number of rotatable bonds is 17. The second kappa shape index (κ2) is 15.3. The van der Waals surface area contributed by atoms with Crippen LogP contribution in [0, 0.1) is 0 Å². The van der Waals surface area contributed by atoms with Gasteiger partial charge in [0.1, 0.15) is 0 Å². The summed E-state index contributed by atoms with van der Waals surface area (Å²) in [6.07, 6.45) is 15.1. The Morgan fingerprint density at radius 1 is 0.698 bits per heavy atom. The van der Waals surface area contributed by atoms with E-state index in [1.807, 2.05) is 36.4 Å². The van der Waals surface area contributed by atoms with Gasteiger partial charge in [0.2, 0.25) is 0 Å². The van der Waals surface area contributed by atoms with E-state index in [0.717, 1.165) is 84.0 Å². The van der Waals surface area contributed by atoms with Gasteiger partial charge in [-0.15, -0.1) is 11.3 Å². The molecule has 2 heterocycles. The molecule has 0 saturated carbocycles. The molecule has 226 valence electrons. The Hall–Kier alpha value is -3.55. The third kappa shape index (κ3) is 7.34. The summed E-state index contributed by atoms with van der Waals surface area (Å²) < 4.78 is 9.03. The average molecular weight is 600 g/mol. The van der Waals surface area contributed by atoms with Crippen molar-refractivity contribution in [1.82, 2.24) is 4.57 Å². The zero-order valence-electron chi connectivity index (χ0n) is 24.8. The van der Waals surface area contributed by atoms with E-state index >= 15 is 0 Å². The van der Waals surface area contributed by atoms with Crippen LogP contribution in [0.3, 0.4) is 0 Å². The van der Waals surface area contributed by atoms with Crippen LogP contribution in [0.5, 0.6) is 0 Å². The molecule has 0 bridgehead atoms. The number of aromatic nitrogens is 1. The molecule has 0 saturated heterocycles. The number of ether oxygens (including phenoxy) is 1. The number of benzene rings is 3. The summed E-state index contributed by atoms with van der Waals surface area (Å²) in [4.78, 5) is 39.0. The number of nitrogens with zero attached hydrogens (tertiary/aromatic N) is 1. The number of carbonyl (C=O) groups is 1. The van der Waals surface area contributed by atoms with Gasteiger partial charge in [-0.1, -0.05) is 49.3 Å². The Balaban J connectivity index is 1.07. The lowest BCUT2D eigenvalue weighted by Gasteiger charge is -2.14. The molecule has 0 atom stereocenters. The Labute approximate surface area is 255 Å². The number of hydrogen-bond donors (Lipinski definition) is 1. The Morgan fingerprint density at radius 2 is 1.37 bits per heavy atom.